The highest BCUT2D eigenvalue weighted by atomic mass is 14.9. The van der Waals surface area contributed by atoms with Gasteiger partial charge in [0.2, 0.25) is 0 Å². The lowest BCUT2D eigenvalue weighted by atomic mass is 9.76. The monoisotopic (exact) mass is 281 g/mol. The number of hydrogen-bond acceptors (Lipinski definition) is 1. The minimum atomic E-state index is 0.332. The molecule has 1 fully saturated rings. The molecular weight excluding hydrogens is 254 g/mol. The number of nitrogens with one attached hydrogen (secondary N) is 1. The summed E-state index contributed by atoms with van der Waals surface area (Å²) in [6.45, 7) is 8.25. The summed E-state index contributed by atoms with van der Waals surface area (Å²) in [6.07, 6.45) is 3.89. The van der Waals surface area contributed by atoms with Gasteiger partial charge in [0.1, 0.15) is 0 Å². The molecule has 1 atom stereocenters. The predicted octanol–water partition coefficient (Wildman–Crippen LogP) is 4.80. The van der Waals surface area contributed by atoms with Gasteiger partial charge in [0.25, 0.3) is 0 Å². The molecule has 0 bridgehead atoms. The Kier molecular flexibility index (Phi) is 4.03. The lowest BCUT2D eigenvalue weighted by Crippen LogP contribution is -2.34. The van der Waals surface area contributed by atoms with Gasteiger partial charge in [-0.05, 0) is 53.5 Å². The second-order valence-corrected chi connectivity index (χ2v) is 7.59. The molecule has 1 aliphatic carbocycles. The first-order valence-electron chi connectivity index (χ1n) is 8.24. The van der Waals surface area contributed by atoms with E-state index in [2.05, 4.69) is 68.6 Å². The molecular formula is C20H27N. The third-order valence-electron chi connectivity index (χ3n) is 4.80. The molecule has 0 saturated heterocycles. The molecule has 1 saturated carbocycles. The Morgan fingerprint density at radius 1 is 1.05 bits per heavy atom. The van der Waals surface area contributed by atoms with Crippen molar-refractivity contribution in [1.29, 1.82) is 0 Å². The molecule has 1 nitrogen and oxygen atoms in total. The zero-order chi connectivity index (χ0) is 14.9. The van der Waals surface area contributed by atoms with E-state index in [1.165, 1.54) is 29.2 Å². The van der Waals surface area contributed by atoms with Crippen LogP contribution in [0.15, 0.2) is 42.5 Å². The molecule has 1 heteroatoms. The quantitative estimate of drug-likeness (QED) is 0.830. The SMILES string of the molecule is CC(C)(C)C(CNC1CC1)Cc1cccc2ccccc12. The van der Waals surface area contributed by atoms with Crippen molar-refractivity contribution in [3.8, 4) is 0 Å². The predicted molar refractivity (Wildman–Crippen MR) is 91.6 cm³/mol. The van der Waals surface area contributed by atoms with Gasteiger partial charge in [-0.2, -0.15) is 0 Å². The van der Waals surface area contributed by atoms with E-state index in [0.29, 0.717) is 11.3 Å². The van der Waals surface area contributed by atoms with Crippen molar-refractivity contribution in [3.63, 3.8) is 0 Å². The first-order chi connectivity index (χ1) is 10.0. The number of benzene rings is 2. The molecule has 112 valence electrons. The fourth-order valence-electron chi connectivity index (χ4n) is 3.02. The van der Waals surface area contributed by atoms with Gasteiger partial charge in [-0.1, -0.05) is 63.2 Å². The molecule has 1 aliphatic rings. The summed E-state index contributed by atoms with van der Waals surface area (Å²) in [5, 5.41) is 6.51. The Hall–Kier alpha value is -1.34. The van der Waals surface area contributed by atoms with Crippen LogP contribution < -0.4 is 5.32 Å². The molecule has 1 unspecified atom stereocenters. The maximum Gasteiger partial charge on any atom is 0.00683 e. The molecule has 0 heterocycles. The van der Waals surface area contributed by atoms with E-state index in [-0.39, 0.29) is 0 Å². The normalized spacial score (nSPS) is 17.1. The van der Waals surface area contributed by atoms with Gasteiger partial charge >= 0.3 is 0 Å². The minimum absolute atomic E-state index is 0.332. The number of fused-ring (bicyclic) bond motifs is 1. The zero-order valence-electron chi connectivity index (χ0n) is 13.5. The van der Waals surface area contributed by atoms with Crippen molar-refractivity contribution in [3.05, 3.63) is 48.0 Å². The smallest absolute Gasteiger partial charge is 0.00683 e. The van der Waals surface area contributed by atoms with Gasteiger partial charge < -0.3 is 5.32 Å². The molecule has 0 amide bonds. The molecule has 1 N–H and O–H groups in total. The third kappa shape index (κ3) is 3.65. The molecule has 3 rings (SSSR count). The van der Waals surface area contributed by atoms with Gasteiger partial charge in [-0.25, -0.2) is 0 Å². The van der Waals surface area contributed by atoms with E-state index < -0.39 is 0 Å². The summed E-state index contributed by atoms with van der Waals surface area (Å²) in [5.74, 6) is 0.670. The van der Waals surface area contributed by atoms with Crippen molar-refractivity contribution in [2.45, 2.75) is 46.1 Å². The zero-order valence-corrected chi connectivity index (χ0v) is 13.5. The van der Waals surface area contributed by atoms with E-state index in [1.807, 2.05) is 0 Å². The maximum atomic E-state index is 3.73. The largest absolute Gasteiger partial charge is 0.314 e. The average molecular weight is 281 g/mol. The van der Waals surface area contributed by atoms with E-state index in [4.69, 9.17) is 0 Å². The standard InChI is InChI=1S/C20H27N/c1-20(2,3)17(14-21-18-11-12-18)13-16-9-6-8-15-7-4-5-10-19(15)16/h4-10,17-18,21H,11-14H2,1-3H3. The highest BCUT2D eigenvalue weighted by Crippen LogP contribution is 2.32. The number of hydrogen-bond donors (Lipinski definition) is 1. The first-order valence-corrected chi connectivity index (χ1v) is 8.24. The van der Waals surface area contributed by atoms with Crippen LogP contribution in [0.2, 0.25) is 0 Å². The Morgan fingerprint density at radius 3 is 2.48 bits per heavy atom. The van der Waals surface area contributed by atoms with Crippen molar-refractivity contribution >= 4 is 10.8 Å². The van der Waals surface area contributed by atoms with Crippen LogP contribution in [0.4, 0.5) is 0 Å². The topological polar surface area (TPSA) is 12.0 Å². The number of rotatable bonds is 5. The lowest BCUT2D eigenvalue weighted by Gasteiger charge is -2.31. The fourth-order valence-corrected chi connectivity index (χ4v) is 3.02. The molecule has 0 aromatic heterocycles. The van der Waals surface area contributed by atoms with Gasteiger partial charge in [0, 0.05) is 6.04 Å². The average Bonchev–Trinajstić information content (AvgIpc) is 3.26. The van der Waals surface area contributed by atoms with E-state index in [1.54, 1.807) is 0 Å². The van der Waals surface area contributed by atoms with Crippen molar-refractivity contribution in [2.75, 3.05) is 6.54 Å². The molecule has 2 aromatic rings. The second kappa shape index (κ2) is 5.81. The van der Waals surface area contributed by atoms with Crippen LogP contribution in [0.5, 0.6) is 0 Å². The summed E-state index contributed by atoms with van der Waals surface area (Å²) in [7, 11) is 0. The van der Waals surface area contributed by atoms with Crippen LogP contribution in [0.25, 0.3) is 10.8 Å². The third-order valence-corrected chi connectivity index (χ3v) is 4.80. The summed E-state index contributed by atoms with van der Waals surface area (Å²) in [5.41, 5.74) is 1.82. The Balaban J connectivity index is 1.82. The maximum absolute atomic E-state index is 3.73. The van der Waals surface area contributed by atoms with Gasteiger partial charge in [-0.3, -0.25) is 0 Å². The molecule has 2 aromatic carbocycles. The molecule has 0 aliphatic heterocycles. The van der Waals surface area contributed by atoms with Crippen LogP contribution in [0, 0.1) is 11.3 Å². The highest BCUT2D eigenvalue weighted by molar-refractivity contribution is 5.85. The summed E-state index contributed by atoms with van der Waals surface area (Å²) in [4.78, 5) is 0. The van der Waals surface area contributed by atoms with Crippen molar-refractivity contribution in [2.24, 2.45) is 11.3 Å². The van der Waals surface area contributed by atoms with Gasteiger partial charge in [0.05, 0.1) is 0 Å². The molecule has 21 heavy (non-hydrogen) atoms. The lowest BCUT2D eigenvalue weighted by molar-refractivity contribution is 0.230. The van der Waals surface area contributed by atoms with Crippen LogP contribution in [-0.4, -0.2) is 12.6 Å². The molecule has 0 spiro atoms. The summed E-state index contributed by atoms with van der Waals surface area (Å²) < 4.78 is 0. The van der Waals surface area contributed by atoms with E-state index in [9.17, 15) is 0 Å². The summed E-state index contributed by atoms with van der Waals surface area (Å²) >= 11 is 0. The Bertz CT molecular complexity index is 599. The van der Waals surface area contributed by atoms with Crippen LogP contribution in [-0.2, 0) is 6.42 Å². The van der Waals surface area contributed by atoms with Crippen molar-refractivity contribution in [1.82, 2.24) is 5.32 Å². The van der Waals surface area contributed by atoms with E-state index in [0.717, 1.165) is 19.0 Å². The van der Waals surface area contributed by atoms with Gasteiger partial charge in [0.15, 0.2) is 0 Å². The fraction of sp³-hybridized carbons (Fsp3) is 0.500. The second-order valence-electron chi connectivity index (χ2n) is 7.59. The van der Waals surface area contributed by atoms with Crippen LogP contribution >= 0.6 is 0 Å². The Labute approximate surface area is 128 Å². The highest BCUT2D eigenvalue weighted by Gasteiger charge is 2.28. The minimum Gasteiger partial charge on any atom is -0.314 e. The van der Waals surface area contributed by atoms with Crippen molar-refractivity contribution < 1.29 is 0 Å². The Morgan fingerprint density at radius 2 is 1.76 bits per heavy atom. The van der Waals surface area contributed by atoms with Gasteiger partial charge in [-0.15, -0.1) is 0 Å². The van der Waals surface area contributed by atoms with Crippen LogP contribution in [0.3, 0.4) is 0 Å². The van der Waals surface area contributed by atoms with Crippen LogP contribution in [0.1, 0.15) is 39.2 Å². The molecule has 0 radical (unpaired) electrons. The summed E-state index contributed by atoms with van der Waals surface area (Å²) in [6, 6.07) is 16.3. The van der Waals surface area contributed by atoms with E-state index >= 15 is 0 Å². The first kappa shape index (κ1) is 14.6.